The molecule has 1 aromatic carbocycles. The monoisotopic (exact) mass is 351 g/mol. The fourth-order valence-corrected chi connectivity index (χ4v) is 2.11. The van der Waals surface area contributed by atoms with Crippen LogP contribution in [0.15, 0.2) is 47.8 Å². The van der Waals surface area contributed by atoms with Crippen molar-refractivity contribution in [2.24, 2.45) is 5.10 Å². The minimum Gasteiger partial charge on any atom is -0.497 e. The van der Waals surface area contributed by atoms with Crippen LogP contribution in [0.3, 0.4) is 0 Å². The number of carbonyl (C=O) groups excluding carboxylic acids is 1. The van der Waals surface area contributed by atoms with Crippen LogP contribution in [-0.4, -0.2) is 23.7 Å². The number of alkyl halides is 3. The van der Waals surface area contributed by atoms with Gasteiger partial charge in [-0.1, -0.05) is 12.1 Å². The zero-order valence-corrected chi connectivity index (χ0v) is 13.6. The van der Waals surface area contributed by atoms with Crippen LogP contribution >= 0.6 is 0 Å². The Morgan fingerprint density at radius 3 is 2.52 bits per heavy atom. The SMILES string of the molecule is COc1ccc(CC(C)=NNC(=O)c2cnccc2C(F)(F)F)cc1. The van der Waals surface area contributed by atoms with Crippen LogP contribution in [0.5, 0.6) is 5.75 Å². The van der Waals surface area contributed by atoms with Gasteiger partial charge in [0.2, 0.25) is 0 Å². The first-order chi connectivity index (χ1) is 11.8. The fraction of sp³-hybridized carbons (Fsp3) is 0.235. The van der Waals surface area contributed by atoms with Gasteiger partial charge in [-0.25, -0.2) is 5.43 Å². The quantitative estimate of drug-likeness (QED) is 0.663. The number of amides is 1. The smallest absolute Gasteiger partial charge is 0.417 e. The van der Waals surface area contributed by atoms with Crippen molar-refractivity contribution in [3.63, 3.8) is 0 Å². The number of methoxy groups -OCH3 is 1. The number of nitrogens with one attached hydrogen (secondary N) is 1. The Labute approximate surface area is 142 Å². The van der Waals surface area contributed by atoms with Gasteiger partial charge in [0, 0.05) is 24.5 Å². The Bertz CT molecular complexity index is 771. The van der Waals surface area contributed by atoms with E-state index in [1.165, 1.54) is 0 Å². The van der Waals surface area contributed by atoms with Crippen molar-refractivity contribution in [2.45, 2.75) is 19.5 Å². The van der Waals surface area contributed by atoms with Crippen molar-refractivity contribution in [3.8, 4) is 5.75 Å². The van der Waals surface area contributed by atoms with Crippen LogP contribution in [0.2, 0.25) is 0 Å². The maximum absolute atomic E-state index is 12.9. The maximum Gasteiger partial charge on any atom is 0.417 e. The van der Waals surface area contributed by atoms with E-state index in [-0.39, 0.29) is 0 Å². The van der Waals surface area contributed by atoms with Gasteiger partial charge in [0.05, 0.1) is 18.2 Å². The molecule has 0 aliphatic rings. The number of ether oxygens (including phenoxy) is 1. The van der Waals surface area contributed by atoms with E-state index in [0.717, 1.165) is 24.0 Å². The van der Waals surface area contributed by atoms with Crippen molar-refractivity contribution in [3.05, 3.63) is 59.4 Å². The standard InChI is InChI=1S/C17H16F3N3O2/c1-11(9-12-3-5-13(25-2)6-4-12)22-23-16(24)14-10-21-8-7-15(14)17(18,19)20/h3-8,10H,9H2,1-2H3,(H,23,24). The molecule has 132 valence electrons. The number of carbonyl (C=O) groups is 1. The summed E-state index contributed by atoms with van der Waals surface area (Å²) in [5.74, 6) is -0.252. The minimum atomic E-state index is -4.64. The molecule has 0 aliphatic carbocycles. The molecule has 2 aromatic rings. The normalized spacial score (nSPS) is 12.0. The van der Waals surface area contributed by atoms with Crippen molar-refractivity contribution in [1.82, 2.24) is 10.4 Å². The van der Waals surface area contributed by atoms with Crippen molar-refractivity contribution < 1.29 is 22.7 Å². The minimum absolute atomic E-state index is 0.434. The van der Waals surface area contributed by atoms with E-state index in [2.05, 4.69) is 15.5 Å². The van der Waals surface area contributed by atoms with E-state index in [1.54, 1.807) is 26.2 Å². The molecule has 0 unspecified atom stereocenters. The third kappa shape index (κ3) is 5.03. The summed E-state index contributed by atoms with van der Waals surface area (Å²) in [4.78, 5) is 15.5. The highest BCUT2D eigenvalue weighted by molar-refractivity contribution is 5.96. The van der Waals surface area contributed by atoms with Gasteiger partial charge in [-0.05, 0) is 30.7 Å². The predicted octanol–water partition coefficient (Wildman–Crippen LogP) is 3.46. The topological polar surface area (TPSA) is 63.6 Å². The third-order valence-electron chi connectivity index (χ3n) is 3.34. The lowest BCUT2D eigenvalue weighted by Crippen LogP contribution is -2.23. The van der Waals surface area contributed by atoms with E-state index < -0.39 is 23.2 Å². The molecule has 0 saturated heterocycles. The third-order valence-corrected chi connectivity index (χ3v) is 3.34. The summed E-state index contributed by atoms with van der Waals surface area (Å²) >= 11 is 0. The first-order valence-corrected chi connectivity index (χ1v) is 7.29. The Balaban J connectivity index is 2.06. The fourth-order valence-electron chi connectivity index (χ4n) is 2.11. The molecule has 25 heavy (non-hydrogen) atoms. The van der Waals surface area contributed by atoms with Crippen molar-refractivity contribution >= 4 is 11.6 Å². The second-order valence-electron chi connectivity index (χ2n) is 5.23. The molecule has 2 rings (SSSR count). The molecule has 0 fully saturated rings. The first-order valence-electron chi connectivity index (χ1n) is 7.29. The van der Waals surface area contributed by atoms with Gasteiger partial charge < -0.3 is 4.74 Å². The summed E-state index contributed by atoms with van der Waals surface area (Å²) in [5.41, 5.74) is 1.98. The van der Waals surface area contributed by atoms with Crippen LogP contribution in [0.25, 0.3) is 0 Å². The lowest BCUT2D eigenvalue weighted by molar-refractivity contribution is -0.138. The average Bonchev–Trinajstić information content (AvgIpc) is 2.59. The largest absolute Gasteiger partial charge is 0.497 e. The molecular formula is C17H16F3N3O2. The molecular weight excluding hydrogens is 335 g/mol. The molecule has 0 radical (unpaired) electrons. The Morgan fingerprint density at radius 1 is 1.24 bits per heavy atom. The summed E-state index contributed by atoms with van der Waals surface area (Å²) in [5, 5.41) is 3.85. The highest BCUT2D eigenvalue weighted by atomic mass is 19.4. The number of benzene rings is 1. The van der Waals surface area contributed by atoms with Crippen LogP contribution in [0.1, 0.15) is 28.4 Å². The summed E-state index contributed by atoms with van der Waals surface area (Å²) in [6.07, 6.45) is -2.36. The van der Waals surface area contributed by atoms with Gasteiger partial charge >= 0.3 is 6.18 Å². The zero-order valence-electron chi connectivity index (χ0n) is 13.6. The summed E-state index contributed by atoms with van der Waals surface area (Å²) < 4.78 is 43.8. The Hall–Kier alpha value is -2.90. The molecule has 5 nitrogen and oxygen atoms in total. The van der Waals surface area contributed by atoms with Crippen molar-refractivity contribution in [1.29, 1.82) is 0 Å². The van der Waals surface area contributed by atoms with Crippen LogP contribution in [0.4, 0.5) is 13.2 Å². The van der Waals surface area contributed by atoms with Crippen molar-refractivity contribution in [2.75, 3.05) is 7.11 Å². The van der Waals surface area contributed by atoms with Crippen LogP contribution in [-0.2, 0) is 12.6 Å². The maximum atomic E-state index is 12.9. The molecule has 0 atom stereocenters. The molecule has 1 N–H and O–H groups in total. The molecule has 1 aromatic heterocycles. The number of hydrogen-bond donors (Lipinski definition) is 1. The number of rotatable bonds is 5. The van der Waals surface area contributed by atoms with Gasteiger partial charge in [-0.2, -0.15) is 18.3 Å². The van der Waals surface area contributed by atoms with Gasteiger partial charge in [-0.15, -0.1) is 0 Å². The summed E-state index contributed by atoms with van der Waals surface area (Å²) in [6.45, 7) is 1.67. The molecule has 0 aliphatic heterocycles. The summed E-state index contributed by atoms with van der Waals surface area (Å²) in [7, 11) is 1.56. The van der Waals surface area contributed by atoms with Gasteiger partial charge in [0.1, 0.15) is 5.75 Å². The number of aromatic nitrogens is 1. The van der Waals surface area contributed by atoms with E-state index in [9.17, 15) is 18.0 Å². The van der Waals surface area contributed by atoms with Gasteiger partial charge in [-0.3, -0.25) is 9.78 Å². The molecule has 1 amide bonds. The second kappa shape index (κ2) is 7.78. The Morgan fingerprint density at radius 2 is 1.92 bits per heavy atom. The van der Waals surface area contributed by atoms with E-state index in [4.69, 9.17) is 4.74 Å². The zero-order chi connectivity index (χ0) is 18.4. The highest BCUT2D eigenvalue weighted by Crippen LogP contribution is 2.31. The number of pyridine rings is 1. The molecule has 0 saturated carbocycles. The number of hydrogen-bond acceptors (Lipinski definition) is 4. The van der Waals surface area contributed by atoms with Crippen LogP contribution in [0, 0.1) is 0 Å². The first kappa shape index (κ1) is 18.4. The molecule has 1 heterocycles. The van der Waals surface area contributed by atoms with E-state index in [0.29, 0.717) is 17.9 Å². The average molecular weight is 351 g/mol. The summed E-state index contributed by atoms with van der Waals surface area (Å²) in [6, 6.07) is 7.99. The Kier molecular flexibility index (Phi) is 5.74. The number of nitrogens with zero attached hydrogens (tertiary/aromatic N) is 2. The van der Waals surface area contributed by atoms with E-state index in [1.807, 2.05) is 12.1 Å². The molecule has 0 bridgehead atoms. The molecule has 8 heteroatoms. The van der Waals surface area contributed by atoms with Gasteiger partial charge in [0.25, 0.3) is 5.91 Å². The molecule has 0 spiro atoms. The lowest BCUT2D eigenvalue weighted by atomic mass is 10.1. The number of hydrazone groups is 1. The predicted molar refractivity (Wildman–Crippen MR) is 86.5 cm³/mol. The van der Waals surface area contributed by atoms with E-state index >= 15 is 0 Å². The lowest BCUT2D eigenvalue weighted by Gasteiger charge is -2.11. The second-order valence-corrected chi connectivity index (χ2v) is 5.23. The van der Waals surface area contributed by atoms with Gasteiger partial charge in [0.15, 0.2) is 0 Å². The highest BCUT2D eigenvalue weighted by Gasteiger charge is 2.35. The number of halogens is 3. The van der Waals surface area contributed by atoms with Crippen LogP contribution < -0.4 is 10.2 Å².